The van der Waals surface area contributed by atoms with E-state index in [0.29, 0.717) is 5.65 Å². The lowest BCUT2D eigenvalue weighted by molar-refractivity contribution is -0.113. The molecule has 23 heavy (non-hydrogen) atoms. The van der Waals surface area contributed by atoms with Crippen molar-refractivity contribution in [2.24, 2.45) is 0 Å². The molecule has 0 bridgehead atoms. The number of hydrogen-bond acceptors (Lipinski definition) is 5. The van der Waals surface area contributed by atoms with Crippen LogP contribution >= 0.6 is 11.8 Å². The van der Waals surface area contributed by atoms with E-state index in [1.807, 2.05) is 0 Å². The molecule has 116 valence electrons. The summed E-state index contributed by atoms with van der Waals surface area (Å²) in [5, 5.41) is 2.66. The fourth-order valence-corrected chi connectivity index (χ4v) is 2.52. The van der Waals surface area contributed by atoms with Crippen LogP contribution in [0.4, 0.5) is 10.1 Å². The average molecular weight is 330 g/mol. The Labute approximate surface area is 134 Å². The maximum Gasteiger partial charge on any atom is 0.355 e. The van der Waals surface area contributed by atoms with Crippen molar-refractivity contribution in [1.29, 1.82) is 0 Å². The quantitative estimate of drug-likeness (QED) is 0.740. The number of aromatic nitrogens is 3. The summed E-state index contributed by atoms with van der Waals surface area (Å²) < 4.78 is 14.8. The van der Waals surface area contributed by atoms with Crippen molar-refractivity contribution in [2.45, 2.75) is 5.16 Å². The highest BCUT2D eigenvalue weighted by Crippen LogP contribution is 2.15. The third-order valence-corrected chi connectivity index (χ3v) is 3.77. The number of rotatable bonds is 4. The summed E-state index contributed by atoms with van der Waals surface area (Å²) in [6.07, 6.45) is 1.57. The molecule has 0 radical (unpaired) electrons. The molecular weight excluding hydrogens is 319 g/mol. The van der Waals surface area contributed by atoms with Gasteiger partial charge in [-0.1, -0.05) is 30.0 Å². The lowest BCUT2D eigenvalue weighted by Crippen LogP contribution is -2.20. The zero-order valence-corrected chi connectivity index (χ0v) is 12.6. The minimum atomic E-state index is -0.508. The highest BCUT2D eigenvalue weighted by atomic mass is 32.2. The van der Waals surface area contributed by atoms with E-state index in [9.17, 15) is 14.0 Å². The Kier molecular flexibility index (Phi) is 4.33. The summed E-state index contributed by atoms with van der Waals surface area (Å²) in [5.41, 5.74) is 0.0923. The number of thioether (sulfide) groups is 1. The van der Waals surface area contributed by atoms with Crippen molar-refractivity contribution in [2.75, 3.05) is 11.1 Å². The van der Waals surface area contributed by atoms with Gasteiger partial charge in [-0.25, -0.2) is 14.2 Å². The van der Waals surface area contributed by atoms with Gasteiger partial charge in [0.25, 0.3) is 0 Å². The second-order valence-electron chi connectivity index (χ2n) is 4.53. The van der Waals surface area contributed by atoms with Crippen LogP contribution in [-0.2, 0) is 4.79 Å². The second-order valence-corrected chi connectivity index (χ2v) is 5.48. The Bertz CT molecular complexity index is 928. The number of hydrogen-bond donors (Lipinski definition) is 1. The van der Waals surface area contributed by atoms with Crippen LogP contribution in [-0.4, -0.2) is 26.0 Å². The smallest absolute Gasteiger partial charge is 0.323 e. The summed E-state index contributed by atoms with van der Waals surface area (Å²) in [5.74, 6) is -0.945. The van der Waals surface area contributed by atoms with E-state index in [4.69, 9.17) is 0 Å². The van der Waals surface area contributed by atoms with Crippen molar-refractivity contribution in [3.05, 3.63) is 65.0 Å². The van der Waals surface area contributed by atoms with E-state index in [-0.39, 0.29) is 16.6 Å². The van der Waals surface area contributed by atoms with Gasteiger partial charge in [0.2, 0.25) is 5.91 Å². The number of carbonyl (C=O) groups is 1. The SMILES string of the molecule is O=C(CSc1nc(=O)n2ccccc2n1)Nc1ccccc1F. The van der Waals surface area contributed by atoms with Gasteiger partial charge in [0, 0.05) is 6.20 Å². The topological polar surface area (TPSA) is 76.4 Å². The van der Waals surface area contributed by atoms with Crippen LogP contribution in [0, 0.1) is 5.82 Å². The highest BCUT2D eigenvalue weighted by Gasteiger charge is 2.09. The van der Waals surface area contributed by atoms with Crippen molar-refractivity contribution < 1.29 is 9.18 Å². The van der Waals surface area contributed by atoms with Crippen LogP contribution in [0.1, 0.15) is 0 Å². The first-order chi connectivity index (χ1) is 11.1. The zero-order chi connectivity index (χ0) is 16.2. The Morgan fingerprint density at radius 2 is 1.96 bits per heavy atom. The summed E-state index contributed by atoms with van der Waals surface area (Å²) in [6.45, 7) is 0. The first-order valence-corrected chi connectivity index (χ1v) is 7.65. The van der Waals surface area contributed by atoms with Crippen molar-refractivity contribution >= 4 is 29.0 Å². The lowest BCUT2D eigenvalue weighted by atomic mass is 10.3. The van der Waals surface area contributed by atoms with Gasteiger partial charge in [0.1, 0.15) is 11.5 Å². The summed E-state index contributed by atoms with van der Waals surface area (Å²) in [6, 6.07) is 11.0. The number of pyridine rings is 1. The third-order valence-electron chi connectivity index (χ3n) is 2.93. The van der Waals surface area contributed by atoms with E-state index in [0.717, 1.165) is 11.8 Å². The predicted molar refractivity (Wildman–Crippen MR) is 85.0 cm³/mol. The molecule has 0 fully saturated rings. The Morgan fingerprint density at radius 1 is 1.17 bits per heavy atom. The van der Waals surface area contributed by atoms with Gasteiger partial charge in [0.15, 0.2) is 5.16 Å². The minimum Gasteiger partial charge on any atom is -0.323 e. The summed E-state index contributed by atoms with van der Waals surface area (Å²) >= 11 is 1.01. The van der Waals surface area contributed by atoms with Gasteiger partial charge in [-0.3, -0.25) is 9.20 Å². The largest absolute Gasteiger partial charge is 0.355 e. The van der Waals surface area contributed by atoms with Crippen LogP contribution in [0.2, 0.25) is 0 Å². The first-order valence-electron chi connectivity index (χ1n) is 6.66. The molecule has 0 spiro atoms. The molecule has 8 heteroatoms. The molecule has 0 aliphatic rings. The van der Waals surface area contributed by atoms with Gasteiger partial charge in [-0.2, -0.15) is 4.98 Å². The molecule has 2 heterocycles. The highest BCUT2D eigenvalue weighted by molar-refractivity contribution is 7.99. The van der Waals surface area contributed by atoms with E-state index >= 15 is 0 Å². The van der Waals surface area contributed by atoms with Crippen molar-refractivity contribution in [1.82, 2.24) is 14.4 Å². The molecule has 0 atom stereocenters. The molecule has 1 aromatic carbocycles. The fraction of sp³-hybridized carbons (Fsp3) is 0.0667. The number of halogens is 1. The molecule has 2 aromatic heterocycles. The van der Waals surface area contributed by atoms with E-state index in [2.05, 4.69) is 15.3 Å². The van der Waals surface area contributed by atoms with Gasteiger partial charge < -0.3 is 5.32 Å². The standard InChI is InChI=1S/C15H11FN4O2S/c16-10-5-1-2-6-11(10)17-13(21)9-23-14-18-12-7-3-4-8-20(12)15(22)19-14/h1-8H,9H2,(H,17,21). The maximum atomic E-state index is 13.5. The lowest BCUT2D eigenvalue weighted by Gasteiger charge is -2.06. The van der Waals surface area contributed by atoms with Crippen LogP contribution in [0.25, 0.3) is 5.65 Å². The number of benzene rings is 1. The number of para-hydroxylation sites is 1. The molecule has 1 N–H and O–H groups in total. The number of carbonyl (C=O) groups excluding carboxylic acids is 1. The van der Waals surface area contributed by atoms with Crippen molar-refractivity contribution in [3.8, 4) is 0 Å². The fourth-order valence-electron chi connectivity index (χ4n) is 1.89. The number of anilines is 1. The number of amides is 1. The Morgan fingerprint density at radius 3 is 2.78 bits per heavy atom. The maximum absolute atomic E-state index is 13.5. The molecule has 6 nitrogen and oxygen atoms in total. The third kappa shape index (κ3) is 3.54. The molecule has 0 saturated carbocycles. The van der Waals surface area contributed by atoms with E-state index in [1.165, 1.54) is 22.6 Å². The molecule has 0 aliphatic heterocycles. The average Bonchev–Trinajstić information content (AvgIpc) is 2.55. The summed E-state index contributed by atoms with van der Waals surface area (Å²) in [7, 11) is 0. The van der Waals surface area contributed by atoms with Gasteiger partial charge in [-0.15, -0.1) is 0 Å². The van der Waals surface area contributed by atoms with Crippen LogP contribution in [0.15, 0.2) is 58.6 Å². The Hall–Kier alpha value is -2.74. The first kappa shape index (κ1) is 15.2. The molecule has 0 unspecified atom stereocenters. The molecule has 0 saturated heterocycles. The van der Waals surface area contributed by atoms with Crippen LogP contribution in [0.5, 0.6) is 0 Å². The molecule has 3 aromatic rings. The Balaban J connectivity index is 1.70. The van der Waals surface area contributed by atoms with Crippen LogP contribution < -0.4 is 11.0 Å². The normalized spacial score (nSPS) is 10.7. The molecule has 1 amide bonds. The van der Waals surface area contributed by atoms with E-state index < -0.39 is 17.4 Å². The van der Waals surface area contributed by atoms with Crippen LogP contribution in [0.3, 0.4) is 0 Å². The zero-order valence-electron chi connectivity index (χ0n) is 11.8. The number of nitrogens with zero attached hydrogens (tertiary/aromatic N) is 3. The van der Waals surface area contributed by atoms with Gasteiger partial charge in [0.05, 0.1) is 11.4 Å². The monoisotopic (exact) mass is 330 g/mol. The summed E-state index contributed by atoms with van der Waals surface area (Å²) in [4.78, 5) is 31.7. The van der Waals surface area contributed by atoms with E-state index in [1.54, 1.807) is 30.5 Å². The molecule has 0 aliphatic carbocycles. The minimum absolute atomic E-state index is 0.0310. The second kappa shape index (κ2) is 6.57. The van der Waals surface area contributed by atoms with Gasteiger partial charge in [-0.05, 0) is 24.3 Å². The number of nitrogens with one attached hydrogen (secondary N) is 1. The number of fused-ring (bicyclic) bond motifs is 1. The van der Waals surface area contributed by atoms with Crippen molar-refractivity contribution in [3.63, 3.8) is 0 Å². The molecular formula is C15H11FN4O2S. The molecule has 3 rings (SSSR count). The predicted octanol–water partition coefficient (Wildman–Crippen LogP) is 1.96. The van der Waals surface area contributed by atoms with Gasteiger partial charge >= 0.3 is 5.69 Å².